The van der Waals surface area contributed by atoms with Gasteiger partial charge in [-0.25, -0.2) is 0 Å². The molecule has 1 rings (SSSR count). The lowest BCUT2D eigenvalue weighted by Crippen LogP contribution is -2.40. The summed E-state index contributed by atoms with van der Waals surface area (Å²) in [6, 6.07) is 0. The zero-order chi connectivity index (χ0) is 11.3. The SMILES string of the molecule is CC(C)(CO)CNC(=O)CNCC1CC1. The lowest BCUT2D eigenvalue weighted by molar-refractivity contribution is -0.120. The highest BCUT2D eigenvalue weighted by molar-refractivity contribution is 5.78. The summed E-state index contributed by atoms with van der Waals surface area (Å²) in [5.41, 5.74) is -0.230. The van der Waals surface area contributed by atoms with Gasteiger partial charge in [-0.2, -0.15) is 0 Å². The number of nitrogens with one attached hydrogen (secondary N) is 2. The number of aliphatic hydroxyl groups is 1. The quantitative estimate of drug-likeness (QED) is 0.564. The predicted octanol–water partition coefficient (Wildman–Crippen LogP) is 0.121. The second-order valence-corrected chi connectivity index (χ2v) is 5.17. The van der Waals surface area contributed by atoms with Gasteiger partial charge >= 0.3 is 0 Å². The van der Waals surface area contributed by atoms with E-state index in [1.54, 1.807) is 0 Å². The highest BCUT2D eigenvalue weighted by atomic mass is 16.3. The molecule has 0 aromatic carbocycles. The third-order valence-corrected chi connectivity index (χ3v) is 2.61. The van der Waals surface area contributed by atoms with Crippen molar-refractivity contribution in [2.75, 3.05) is 26.2 Å². The number of amides is 1. The van der Waals surface area contributed by atoms with Gasteiger partial charge in [-0.05, 0) is 25.3 Å². The molecule has 0 bridgehead atoms. The Kier molecular flexibility index (Phi) is 4.54. The van der Waals surface area contributed by atoms with E-state index in [0.29, 0.717) is 13.1 Å². The van der Waals surface area contributed by atoms with Gasteiger partial charge in [0.1, 0.15) is 0 Å². The zero-order valence-corrected chi connectivity index (χ0v) is 9.68. The van der Waals surface area contributed by atoms with Crippen LogP contribution in [0.4, 0.5) is 0 Å². The van der Waals surface area contributed by atoms with Crippen molar-refractivity contribution >= 4 is 5.91 Å². The van der Waals surface area contributed by atoms with E-state index < -0.39 is 0 Å². The molecule has 1 aliphatic carbocycles. The molecule has 0 spiro atoms. The van der Waals surface area contributed by atoms with Crippen molar-refractivity contribution in [3.05, 3.63) is 0 Å². The first-order valence-corrected chi connectivity index (χ1v) is 5.62. The molecule has 1 amide bonds. The summed E-state index contributed by atoms with van der Waals surface area (Å²) in [6.07, 6.45) is 2.60. The van der Waals surface area contributed by atoms with Crippen LogP contribution in [0.5, 0.6) is 0 Å². The maximum absolute atomic E-state index is 11.4. The second-order valence-electron chi connectivity index (χ2n) is 5.17. The van der Waals surface area contributed by atoms with E-state index in [4.69, 9.17) is 5.11 Å². The van der Waals surface area contributed by atoms with Crippen molar-refractivity contribution in [3.8, 4) is 0 Å². The molecule has 88 valence electrons. The molecule has 0 aromatic rings. The predicted molar refractivity (Wildman–Crippen MR) is 59.5 cm³/mol. The zero-order valence-electron chi connectivity index (χ0n) is 9.68. The Labute approximate surface area is 91.4 Å². The maximum Gasteiger partial charge on any atom is 0.233 e. The molecule has 0 radical (unpaired) electrons. The fourth-order valence-electron chi connectivity index (χ4n) is 1.17. The number of carbonyl (C=O) groups is 1. The monoisotopic (exact) mass is 214 g/mol. The summed E-state index contributed by atoms with van der Waals surface area (Å²) in [7, 11) is 0. The topological polar surface area (TPSA) is 61.4 Å². The van der Waals surface area contributed by atoms with E-state index in [-0.39, 0.29) is 17.9 Å². The minimum atomic E-state index is -0.230. The Morgan fingerprint density at radius 2 is 2.13 bits per heavy atom. The second kappa shape index (κ2) is 5.47. The van der Waals surface area contributed by atoms with Gasteiger partial charge in [0.25, 0.3) is 0 Å². The molecule has 4 heteroatoms. The van der Waals surface area contributed by atoms with Gasteiger partial charge in [0, 0.05) is 18.6 Å². The molecule has 15 heavy (non-hydrogen) atoms. The molecule has 4 nitrogen and oxygen atoms in total. The molecular formula is C11H22N2O2. The first kappa shape index (κ1) is 12.5. The van der Waals surface area contributed by atoms with Crippen LogP contribution < -0.4 is 10.6 Å². The largest absolute Gasteiger partial charge is 0.396 e. The lowest BCUT2D eigenvalue weighted by Gasteiger charge is -2.21. The van der Waals surface area contributed by atoms with Crippen molar-refractivity contribution in [2.24, 2.45) is 11.3 Å². The standard InChI is InChI=1S/C11H22N2O2/c1-11(2,8-14)7-13-10(15)6-12-5-9-3-4-9/h9,12,14H,3-8H2,1-2H3,(H,13,15). The fraction of sp³-hybridized carbons (Fsp3) is 0.909. The average molecular weight is 214 g/mol. The van der Waals surface area contributed by atoms with E-state index in [1.807, 2.05) is 13.8 Å². The molecule has 0 atom stereocenters. The molecule has 0 aromatic heterocycles. The summed E-state index contributed by atoms with van der Waals surface area (Å²) in [5.74, 6) is 0.809. The molecule has 0 unspecified atom stereocenters. The highest BCUT2D eigenvalue weighted by Crippen LogP contribution is 2.27. The van der Waals surface area contributed by atoms with Crippen molar-refractivity contribution in [1.82, 2.24) is 10.6 Å². The summed E-state index contributed by atoms with van der Waals surface area (Å²) in [5, 5.41) is 14.9. The van der Waals surface area contributed by atoms with Crippen LogP contribution in [-0.2, 0) is 4.79 Å². The van der Waals surface area contributed by atoms with Crippen molar-refractivity contribution in [3.63, 3.8) is 0 Å². The Hall–Kier alpha value is -0.610. The van der Waals surface area contributed by atoms with Crippen molar-refractivity contribution in [2.45, 2.75) is 26.7 Å². The van der Waals surface area contributed by atoms with Crippen molar-refractivity contribution in [1.29, 1.82) is 0 Å². The van der Waals surface area contributed by atoms with E-state index in [1.165, 1.54) is 12.8 Å². The molecular weight excluding hydrogens is 192 g/mol. The van der Waals surface area contributed by atoms with Gasteiger partial charge in [0.05, 0.1) is 6.54 Å². The van der Waals surface area contributed by atoms with Crippen molar-refractivity contribution < 1.29 is 9.90 Å². The minimum Gasteiger partial charge on any atom is -0.396 e. The number of carbonyl (C=O) groups excluding carboxylic acids is 1. The third kappa shape index (κ3) is 5.74. The lowest BCUT2D eigenvalue weighted by atomic mass is 9.95. The summed E-state index contributed by atoms with van der Waals surface area (Å²) < 4.78 is 0. The van der Waals surface area contributed by atoms with Gasteiger partial charge in [-0.3, -0.25) is 4.79 Å². The van der Waals surface area contributed by atoms with E-state index in [2.05, 4.69) is 10.6 Å². The van der Waals surface area contributed by atoms with Crippen LogP contribution in [0, 0.1) is 11.3 Å². The van der Waals surface area contributed by atoms with Crippen LogP contribution in [0.25, 0.3) is 0 Å². The summed E-state index contributed by atoms with van der Waals surface area (Å²) >= 11 is 0. The molecule has 1 fully saturated rings. The van der Waals surface area contributed by atoms with Crippen LogP contribution in [0.15, 0.2) is 0 Å². The molecule has 1 saturated carbocycles. The Morgan fingerprint density at radius 1 is 1.47 bits per heavy atom. The minimum absolute atomic E-state index is 0.0113. The first-order chi connectivity index (χ1) is 7.03. The summed E-state index contributed by atoms with van der Waals surface area (Å²) in [4.78, 5) is 11.4. The molecule has 0 heterocycles. The van der Waals surface area contributed by atoms with Crippen LogP contribution in [0.2, 0.25) is 0 Å². The van der Waals surface area contributed by atoms with Crippen LogP contribution in [-0.4, -0.2) is 37.3 Å². The first-order valence-electron chi connectivity index (χ1n) is 5.62. The normalized spacial score (nSPS) is 16.5. The van der Waals surface area contributed by atoms with Gasteiger partial charge < -0.3 is 15.7 Å². The smallest absolute Gasteiger partial charge is 0.233 e. The Bertz CT molecular complexity index is 213. The molecule has 1 aliphatic rings. The average Bonchev–Trinajstić information content (AvgIpc) is 2.99. The fourth-order valence-corrected chi connectivity index (χ4v) is 1.17. The van der Waals surface area contributed by atoms with E-state index >= 15 is 0 Å². The Balaban J connectivity index is 2.01. The summed E-state index contributed by atoms with van der Waals surface area (Å²) in [6.45, 7) is 5.79. The molecule has 3 N–H and O–H groups in total. The van der Waals surface area contributed by atoms with Gasteiger partial charge in [-0.1, -0.05) is 13.8 Å². The molecule has 0 aliphatic heterocycles. The van der Waals surface area contributed by atoms with Crippen LogP contribution in [0.1, 0.15) is 26.7 Å². The highest BCUT2D eigenvalue weighted by Gasteiger charge is 2.21. The van der Waals surface area contributed by atoms with Gasteiger partial charge in [0.15, 0.2) is 0 Å². The van der Waals surface area contributed by atoms with E-state index in [0.717, 1.165) is 12.5 Å². The maximum atomic E-state index is 11.4. The number of hydrogen-bond donors (Lipinski definition) is 3. The number of rotatable bonds is 7. The number of hydrogen-bond acceptors (Lipinski definition) is 3. The van der Waals surface area contributed by atoms with Crippen LogP contribution >= 0.6 is 0 Å². The van der Waals surface area contributed by atoms with Gasteiger partial charge in [0.2, 0.25) is 5.91 Å². The molecule has 0 saturated heterocycles. The Morgan fingerprint density at radius 3 is 2.67 bits per heavy atom. The van der Waals surface area contributed by atoms with Gasteiger partial charge in [-0.15, -0.1) is 0 Å². The van der Waals surface area contributed by atoms with Crippen LogP contribution in [0.3, 0.4) is 0 Å². The van der Waals surface area contributed by atoms with E-state index in [9.17, 15) is 4.79 Å². The number of aliphatic hydroxyl groups excluding tert-OH is 1. The third-order valence-electron chi connectivity index (χ3n) is 2.61.